The van der Waals surface area contributed by atoms with Crippen molar-refractivity contribution in [3.05, 3.63) is 60.9 Å². The lowest BCUT2D eigenvalue weighted by atomic mass is 10.2. The van der Waals surface area contributed by atoms with E-state index in [1.165, 1.54) is 12.3 Å². The second kappa shape index (κ2) is 6.90. The van der Waals surface area contributed by atoms with Crippen molar-refractivity contribution in [2.75, 3.05) is 36.0 Å². The maximum absolute atomic E-state index is 12.6. The van der Waals surface area contributed by atoms with Gasteiger partial charge in [-0.05, 0) is 24.3 Å². The minimum atomic E-state index is -4.41. The molecule has 3 aromatic rings. The Hall–Kier alpha value is -3.10. The number of aromatic nitrogens is 4. The summed E-state index contributed by atoms with van der Waals surface area (Å²) < 4.78 is 39.8. The molecular weight excluding hydrogens is 357 g/mol. The van der Waals surface area contributed by atoms with Gasteiger partial charge in [-0.3, -0.25) is 4.57 Å². The molecule has 4 heterocycles. The van der Waals surface area contributed by atoms with Crippen LogP contribution in [0, 0.1) is 0 Å². The molecule has 27 heavy (non-hydrogen) atoms. The Morgan fingerprint density at radius 1 is 0.889 bits per heavy atom. The standard InChI is InChI=1S/C18H17F3N6/c19-18(20,21)15-5-4-14(12-23-15)25-8-10-26(11-9-25)16-2-1-3-17(24-16)27-7-6-22-13-27/h1-7,12-13H,8-11H2. The van der Waals surface area contributed by atoms with E-state index in [2.05, 4.69) is 19.9 Å². The molecule has 1 aliphatic heterocycles. The van der Waals surface area contributed by atoms with Crippen LogP contribution < -0.4 is 9.80 Å². The van der Waals surface area contributed by atoms with Gasteiger partial charge in [0, 0.05) is 38.6 Å². The summed E-state index contributed by atoms with van der Waals surface area (Å²) in [6.07, 6.45) is 2.11. The molecule has 1 saturated heterocycles. The first-order valence-electron chi connectivity index (χ1n) is 8.49. The van der Waals surface area contributed by atoms with E-state index in [4.69, 9.17) is 0 Å². The normalized spacial score (nSPS) is 15.2. The van der Waals surface area contributed by atoms with Crippen LogP contribution in [0.2, 0.25) is 0 Å². The molecule has 0 bridgehead atoms. The fourth-order valence-corrected chi connectivity index (χ4v) is 3.06. The van der Waals surface area contributed by atoms with E-state index in [1.54, 1.807) is 12.5 Å². The van der Waals surface area contributed by atoms with Gasteiger partial charge < -0.3 is 9.80 Å². The molecule has 1 aliphatic rings. The first kappa shape index (κ1) is 17.3. The van der Waals surface area contributed by atoms with E-state index in [9.17, 15) is 13.2 Å². The van der Waals surface area contributed by atoms with Crippen LogP contribution in [0.3, 0.4) is 0 Å². The van der Waals surface area contributed by atoms with Crippen LogP contribution in [0.5, 0.6) is 0 Å². The molecule has 0 atom stereocenters. The maximum Gasteiger partial charge on any atom is 0.433 e. The summed E-state index contributed by atoms with van der Waals surface area (Å²) in [4.78, 5) is 16.4. The van der Waals surface area contributed by atoms with Crippen LogP contribution in [0.25, 0.3) is 5.82 Å². The van der Waals surface area contributed by atoms with Gasteiger partial charge >= 0.3 is 6.18 Å². The van der Waals surface area contributed by atoms with E-state index in [0.29, 0.717) is 18.8 Å². The monoisotopic (exact) mass is 374 g/mol. The average molecular weight is 374 g/mol. The number of nitrogens with zero attached hydrogens (tertiary/aromatic N) is 6. The number of anilines is 2. The van der Waals surface area contributed by atoms with Crippen LogP contribution in [-0.4, -0.2) is 45.7 Å². The van der Waals surface area contributed by atoms with Crippen molar-refractivity contribution in [2.24, 2.45) is 0 Å². The molecule has 140 valence electrons. The highest BCUT2D eigenvalue weighted by Crippen LogP contribution is 2.28. The minimum absolute atomic E-state index is 0.685. The van der Waals surface area contributed by atoms with Crippen LogP contribution in [0.1, 0.15) is 5.69 Å². The van der Waals surface area contributed by atoms with Gasteiger partial charge in [-0.15, -0.1) is 0 Å². The zero-order chi connectivity index (χ0) is 18.9. The molecule has 9 heteroatoms. The number of pyridine rings is 2. The lowest BCUT2D eigenvalue weighted by Crippen LogP contribution is -2.47. The van der Waals surface area contributed by atoms with Crippen molar-refractivity contribution in [2.45, 2.75) is 6.18 Å². The summed E-state index contributed by atoms with van der Waals surface area (Å²) in [7, 11) is 0. The summed E-state index contributed by atoms with van der Waals surface area (Å²) in [5.41, 5.74) is -0.173. The molecule has 0 unspecified atom stereocenters. The summed E-state index contributed by atoms with van der Waals surface area (Å²) in [5.74, 6) is 1.66. The molecule has 0 amide bonds. The Morgan fingerprint density at radius 3 is 2.26 bits per heavy atom. The summed E-state index contributed by atoms with van der Waals surface area (Å²) >= 11 is 0. The Kier molecular flexibility index (Phi) is 4.43. The van der Waals surface area contributed by atoms with Gasteiger partial charge in [0.2, 0.25) is 0 Å². The Bertz CT molecular complexity index is 884. The molecule has 0 spiro atoms. The van der Waals surface area contributed by atoms with Crippen molar-refractivity contribution in [1.29, 1.82) is 0 Å². The topological polar surface area (TPSA) is 50.1 Å². The molecule has 1 fully saturated rings. The number of hydrogen-bond donors (Lipinski definition) is 0. The SMILES string of the molecule is FC(F)(F)c1ccc(N2CCN(c3cccc(-n4ccnc4)n3)CC2)cn1. The largest absolute Gasteiger partial charge is 0.433 e. The van der Waals surface area contributed by atoms with E-state index in [0.717, 1.165) is 30.8 Å². The number of piperazine rings is 1. The van der Waals surface area contributed by atoms with Gasteiger partial charge in [0.05, 0.1) is 11.9 Å². The average Bonchev–Trinajstić information content (AvgIpc) is 3.23. The Morgan fingerprint density at radius 2 is 1.63 bits per heavy atom. The van der Waals surface area contributed by atoms with Crippen LogP contribution >= 0.6 is 0 Å². The highest BCUT2D eigenvalue weighted by molar-refractivity contribution is 5.49. The van der Waals surface area contributed by atoms with E-state index < -0.39 is 11.9 Å². The molecule has 3 aromatic heterocycles. The van der Waals surface area contributed by atoms with Gasteiger partial charge in [-0.1, -0.05) is 6.07 Å². The molecule has 0 N–H and O–H groups in total. The fraction of sp³-hybridized carbons (Fsp3) is 0.278. The number of imidazole rings is 1. The summed E-state index contributed by atoms with van der Waals surface area (Å²) in [6.45, 7) is 2.82. The molecular formula is C18H17F3N6. The quantitative estimate of drug-likeness (QED) is 0.705. The van der Waals surface area contributed by atoms with Crippen molar-refractivity contribution in [3.63, 3.8) is 0 Å². The number of halogens is 3. The number of hydrogen-bond acceptors (Lipinski definition) is 5. The van der Waals surface area contributed by atoms with Crippen molar-refractivity contribution in [3.8, 4) is 5.82 Å². The predicted molar refractivity (Wildman–Crippen MR) is 95.0 cm³/mol. The minimum Gasteiger partial charge on any atom is -0.367 e. The third-order valence-electron chi connectivity index (χ3n) is 4.50. The van der Waals surface area contributed by atoms with Crippen LogP contribution in [0.15, 0.2) is 55.2 Å². The Labute approximate surface area is 153 Å². The van der Waals surface area contributed by atoms with E-state index in [1.807, 2.05) is 33.9 Å². The van der Waals surface area contributed by atoms with E-state index in [-0.39, 0.29) is 0 Å². The van der Waals surface area contributed by atoms with Gasteiger partial charge in [0.1, 0.15) is 23.7 Å². The lowest BCUT2D eigenvalue weighted by molar-refractivity contribution is -0.141. The van der Waals surface area contributed by atoms with Gasteiger partial charge in [-0.2, -0.15) is 13.2 Å². The molecule has 0 radical (unpaired) electrons. The molecule has 0 saturated carbocycles. The van der Waals surface area contributed by atoms with Crippen molar-refractivity contribution >= 4 is 11.5 Å². The van der Waals surface area contributed by atoms with E-state index >= 15 is 0 Å². The molecule has 6 nitrogen and oxygen atoms in total. The second-order valence-corrected chi connectivity index (χ2v) is 6.20. The summed E-state index contributed by atoms with van der Waals surface area (Å²) in [5, 5.41) is 0. The first-order chi connectivity index (χ1) is 13.0. The molecule has 0 aliphatic carbocycles. The lowest BCUT2D eigenvalue weighted by Gasteiger charge is -2.36. The molecule has 4 rings (SSSR count). The second-order valence-electron chi connectivity index (χ2n) is 6.20. The Balaban J connectivity index is 1.43. The summed E-state index contributed by atoms with van der Waals surface area (Å²) in [6, 6.07) is 8.32. The smallest absolute Gasteiger partial charge is 0.367 e. The predicted octanol–water partition coefficient (Wildman–Crippen LogP) is 3.01. The molecule has 0 aromatic carbocycles. The van der Waals surface area contributed by atoms with Gasteiger partial charge in [0.25, 0.3) is 0 Å². The van der Waals surface area contributed by atoms with Gasteiger partial charge in [-0.25, -0.2) is 15.0 Å². The third-order valence-corrected chi connectivity index (χ3v) is 4.50. The van der Waals surface area contributed by atoms with Crippen molar-refractivity contribution < 1.29 is 13.2 Å². The highest BCUT2D eigenvalue weighted by atomic mass is 19.4. The maximum atomic E-state index is 12.6. The van der Waals surface area contributed by atoms with Crippen LogP contribution in [-0.2, 0) is 6.18 Å². The zero-order valence-corrected chi connectivity index (χ0v) is 14.3. The number of rotatable bonds is 3. The number of alkyl halides is 3. The van der Waals surface area contributed by atoms with Crippen LogP contribution in [0.4, 0.5) is 24.7 Å². The van der Waals surface area contributed by atoms with Gasteiger partial charge in [0.15, 0.2) is 0 Å². The zero-order valence-electron chi connectivity index (χ0n) is 14.3. The third kappa shape index (κ3) is 3.71. The highest BCUT2D eigenvalue weighted by Gasteiger charge is 2.32. The first-order valence-corrected chi connectivity index (χ1v) is 8.49. The fourth-order valence-electron chi connectivity index (χ4n) is 3.06. The van der Waals surface area contributed by atoms with Crippen molar-refractivity contribution in [1.82, 2.24) is 19.5 Å².